The Kier molecular flexibility index (Phi) is 6.73. The van der Waals surface area contributed by atoms with Gasteiger partial charge in [-0.15, -0.1) is 5.73 Å². The first-order chi connectivity index (χ1) is 8.91. The van der Waals surface area contributed by atoms with Gasteiger partial charge in [0.25, 0.3) is 0 Å². The summed E-state index contributed by atoms with van der Waals surface area (Å²) < 4.78 is 5.06. The van der Waals surface area contributed by atoms with Gasteiger partial charge in [0.2, 0.25) is 0 Å². The van der Waals surface area contributed by atoms with Gasteiger partial charge in [-0.2, -0.15) is 0 Å². The van der Waals surface area contributed by atoms with Crippen molar-refractivity contribution in [3.63, 3.8) is 0 Å². The molecule has 0 saturated carbocycles. The fraction of sp³-hybridized carbons (Fsp3) is 0.765. The molecule has 0 aromatic heterocycles. The second-order valence-corrected chi connectivity index (χ2v) is 7.27. The van der Waals surface area contributed by atoms with Crippen LogP contribution in [0.25, 0.3) is 0 Å². The molecule has 0 rings (SSSR count). The molecule has 3 heteroatoms. The highest BCUT2D eigenvalue weighted by atomic mass is 16.5. The van der Waals surface area contributed by atoms with Crippen LogP contribution >= 0.6 is 0 Å². The van der Waals surface area contributed by atoms with E-state index in [-0.39, 0.29) is 5.41 Å². The molecule has 0 heterocycles. The number of carbonyl (C=O) groups is 1. The number of ether oxygens (including phenoxy) is 1. The predicted octanol–water partition coefficient (Wildman–Crippen LogP) is 3.72. The highest BCUT2D eigenvalue weighted by Gasteiger charge is 2.34. The van der Waals surface area contributed by atoms with E-state index in [1.54, 1.807) is 13.0 Å². The van der Waals surface area contributed by atoms with Crippen LogP contribution in [0.3, 0.4) is 0 Å². The number of aliphatic hydroxyl groups is 1. The highest BCUT2D eigenvalue weighted by Crippen LogP contribution is 2.28. The lowest BCUT2D eigenvalue weighted by Crippen LogP contribution is -2.38. The maximum absolute atomic E-state index is 12.0. The van der Waals surface area contributed by atoms with Crippen LogP contribution in [-0.4, -0.2) is 23.8 Å². The summed E-state index contributed by atoms with van der Waals surface area (Å²) in [4.78, 5) is 12.0. The van der Waals surface area contributed by atoms with Crippen LogP contribution in [0.2, 0.25) is 0 Å². The largest absolute Gasteiger partial charge is 0.465 e. The number of esters is 1. The average molecular weight is 282 g/mol. The SMILES string of the molecule is CCOC(=O)[C@H](C=C=C(C)C(C)(C)C)C(O)C(C)(C)C. The average Bonchev–Trinajstić information content (AvgIpc) is 2.26. The molecular formula is C17H30O3. The van der Waals surface area contributed by atoms with Crippen LogP contribution in [0.15, 0.2) is 17.4 Å². The molecule has 0 bridgehead atoms. The molecule has 0 aliphatic heterocycles. The van der Waals surface area contributed by atoms with Gasteiger partial charge in [-0.3, -0.25) is 4.79 Å². The summed E-state index contributed by atoms with van der Waals surface area (Å²) in [5.41, 5.74) is 3.77. The van der Waals surface area contributed by atoms with E-state index < -0.39 is 23.4 Å². The maximum atomic E-state index is 12.0. The standard InChI is InChI=1S/C17H30O3/c1-9-20-15(19)13(14(18)17(6,7)8)11-10-12(2)16(3,4)5/h11,13-14,18H,9H2,1-8H3/t10?,13-,14?/m1/s1. The van der Waals surface area contributed by atoms with E-state index in [2.05, 4.69) is 26.5 Å². The van der Waals surface area contributed by atoms with Crippen LogP contribution in [0, 0.1) is 16.7 Å². The van der Waals surface area contributed by atoms with Crippen molar-refractivity contribution in [3.8, 4) is 0 Å². The predicted molar refractivity (Wildman–Crippen MR) is 82.3 cm³/mol. The van der Waals surface area contributed by atoms with E-state index in [0.29, 0.717) is 6.61 Å². The Bertz CT molecular complexity index is 387. The van der Waals surface area contributed by atoms with Crippen molar-refractivity contribution < 1.29 is 14.6 Å². The summed E-state index contributed by atoms with van der Waals surface area (Å²) in [5.74, 6) is -1.09. The van der Waals surface area contributed by atoms with E-state index in [4.69, 9.17) is 4.74 Å². The summed E-state index contributed by atoms with van der Waals surface area (Å²) in [6.07, 6.45) is 0.843. The van der Waals surface area contributed by atoms with Crippen LogP contribution < -0.4 is 0 Å². The van der Waals surface area contributed by atoms with E-state index in [1.807, 2.05) is 27.7 Å². The lowest BCUT2D eigenvalue weighted by molar-refractivity contribution is -0.152. The molecule has 0 amide bonds. The van der Waals surface area contributed by atoms with Gasteiger partial charge in [0.15, 0.2) is 0 Å². The Hall–Kier alpha value is -1.05. The molecule has 1 unspecified atom stereocenters. The Morgan fingerprint density at radius 3 is 2.10 bits per heavy atom. The molecule has 0 aromatic rings. The molecule has 1 N–H and O–H groups in total. The first-order valence-corrected chi connectivity index (χ1v) is 7.19. The van der Waals surface area contributed by atoms with Crippen molar-refractivity contribution in [2.75, 3.05) is 6.61 Å². The molecule has 0 aliphatic carbocycles. The molecule has 2 atom stereocenters. The lowest BCUT2D eigenvalue weighted by atomic mass is 9.80. The third-order valence-corrected chi connectivity index (χ3v) is 3.39. The second-order valence-electron chi connectivity index (χ2n) is 7.27. The minimum atomic E-state index is -0.804. The first kappa shape index (κ1) is 18.9. The fourth-order valence-electron chi connectivity index (χ4n) is 1.50. The van der Waals surface area contributed by atoms with Gasteiger partial charge in [0, 0.05) is 0 Å². The van der Waals surface area contributed by atoms with E-state index >= 15 is 0 Å². The Morgan fingerprint density at radius 1 is 1.25 bits per heavy atom. The summed E-state index contributed by atoms with van der Waals surface area (Å²) in [6.45, 7) is 16.0. The highest BCUT2D eigenvalue weighted by molar-refractivity contribution is 5.75. The van der Waals surface area contributed by atoms with Crippen LogP contribution in [0.1, 0.15) is 55.4 Å². The number of hydrogen-bond acceptors (Lipinski definition) is 3. The molecule has 3 nitrogen and oxygen atoms in total. The molecule has 20 heavy (non-hydrogen) atoms. The zero-order valence-electron chi connectivity index (χ0n) is 14.2. The van der Waals surface area contributed by atoms with Crippen molar-refractivity contribution >= 4 is 5.97 Å². The topological polar surface area (TPSA) is 46.5 Å². The van der Waals surface area contributed by atoms with Gasteiger partial charge in [-0.25, -0.2) is 0 Å². The maximum Gasteiger partial charge on any atom is 0.316 e. The van der Waals surface area contributed by atoms with Crippen LogP contribution in [-0.2, 0) is 9.53 Å². The molecule has 0 fully saturated rings. The Morgan fingerprint density at radius 2 is 1.75 bits per heavy atom. The van der Waals surface area contributed by atoms with Crippen LogP contribution in [0.4, 0.5) is 0 Å². The molecular weight excluding hydrogens is 252 g/mol. The summed E-state index contributed by atoms with van der Waals surface area (Å²) in [6, 6.07) is 0. The van der Waals surface area contributed by atoms with Crippen molar-refractivity contribution in [2.45, 2.75) is 61.5 Å². The number of aliphatic hydroxyl groups excluding tert-OH is 1. The molecule has 0 radical (unpaired) electrons. The number of rotatable bonds is 4. The van der Waals surface area contributed by atoms with Gasteiger partial charge in [-0.1, -0.05) is 41.5 Å². The molecule has 0 aromatic carbocycles. The molecule has 116 valence electrons. The zero-order valence-corrected chi connectivity index (χ0v) is 14.2. The monoisotopic (exact) mass is 282 g/mol. The smallest absolute Gasteiger partial charge is 0.316 e. The zero-order chi connectivity index (χ0) is 16.1. The second kappa shape index (κ2) is 7.10. The van der Waals surface area contributed by atoms with E-state index in [9.17, 15) is 9.90 Å². The molecule has 0 spiro atoms. The van der Waals surface area contributed by atoms with Crippen molar-refractivity contribution in [1.82, 2.24) is 0 Å². The summed E-state index contributed by atoms with van der Waals surface area (Å²) in [7, 11) is 0. The van der Waals surface area contributed by atoms with Crippen molar-refractivity contribution in [1.29, 1.82) is 0 Å². The van der Waals surface area contributed by atoms with Crippen molar-refractivity contribution in [3.05, 3.63) is 17.4 Å². The van der Waals surface area contributed by atoms with Crippen LogP contribution in [0.5, 0.6) is 0 Å². The van der Waals surface area contributed by atoms with E-state index in [1.165, 1.54) is 0 Å². The van der Waals surface area contributed by atoms with Gasteiger partial charge in [0.1, 0.15) is 5.92 Å². The Balaban J connectivity index is 5.47. The third kappa shape index (κ3) is 5.94. The number of hydrogen-bond donors (Lipinski definition) is 1. The normalized spacial score (nSPS) is 15.1. The number of carbonyl (C=O) groups excluding carboxylic acids is 1. The van der Waals surface area contributed by atoms with Gasteiger partial charge in [0.05, 0.1) is 12.7 Å². The molecule has 0 saturated heterocycles. The third-order valence-electron chi connectivity index (χ3n) is 3.39. The van der Waals surface area contributed by atoms with E-state index in [0.717, 1.165) is 5.57 Å². The quantitative estimate of drug-likeness (QED) is 0.631. The fourth-order valence-corrected chi connectivity index (χ4v) is 1.50. The Labute approximate surface area is 123 Å². The van der Waals surface area contributed by atoms with Gasteiger partial charge in [-0.05, 0) is 36.3 Å². The minimum Gasteiger partial charge on any atom is -0.465 e. The summed E-state index contributed by atoms with van der Waals surface area (Å²) in [5, 5.41) is 10.4. The summed E-state index contributed by atoms with van der Waals surface area (Å²) >= 11 is 0. The van der Waals surface area contributed by atoms with Gasteiger partial charge < -0.3 is 9.84 Å². The molecule has 0 aliphatic rings. The minimum absolute atomic E-state index is 0.0115. The van der Waals surface area contributed by atoms with Crippen molar-refractivity contribution in [2.24, 2.45) is 16.7 Å². The first-order valence-electron chi connectivity index (χ1n) is 7.19. The lowest BCUT2D eigenvalue weighted by Gasteiger charge is -2.29. The van der Waals surface area contributed by atoms with Gasteiger partial charge >= 0.3 is 5.97 Å².